The van der Waals surface area contributed by atoms with Crippen LogP contribution in [0.25, 0.3) is 88.4 Å². The minimum absolute atomic E-state index is 0.966. The summed E-state index contributed by atoms with van der Waals surface area (Å²) in [5.74, 6) is 0. The normalized spacial score (nSPS) is 11.5. The number of aromatic nitrogens is 4. The summed E-state index contributed by atoms with van der Waals surface area (Å²) in [4.78, 5) is 13.6. The number of para-hydroxylation sites is 6. The van der Waals surface area contributed by atoms with Crippen molar-refractivity contribution in [2.24, 2.45) is 0 Å². The first-order valence-electron chi connectivity index (χ1n) is 26.5. The third-order valence-corrected chi connectivity index (χ3v) is 15.3. The zero-order valence-corrected chi connectivity index (χ0v) is 43.2. The number of anilines is 6. The Hall–Kier alpha value is -10.3. The summed E-state index contributed by atoms with van der Waals surface area (Å²) in [6.45, 7) is 4.46. The fourth-order valence-corrected chi connectivity index (χ4v) is 11.7. The fourth-order valence-electron chi connectivity index (χ4n) is 11.7. The van der Waals surface area contributed by atoms with Crippen LogP contribution < -0.4 is 9.80 Å². The number of nitrogens with zero attached hydrogens (tertiary/aromatic N) is 6. The standard InChI is InChI=1S/C72H52N6/c1-49-39-51(31-35-67(49)77-69-29-17-15-27-63(69)65-44-61(33-37-71(65)77)75(57-19-7-3-8-20-57)58-21-9-4-10-22-58)53-41-54(43-55(42-53)56-46-73-48-74-47-56)52-32-36-68(50(2)40-52)78-70-30-18-16-28-64(70)66-45-62(34-38-72(66)78)76(59-23-11-5-12-24-59)60-25-13-6-14-26-60/h3-48H,1-2H3. The van der Waals surface area contributed by atoms with E-state index < -0.39 is 0 Å². The first-order chi connectivity index (χ1) is 38.5. The Labute approximate surface area is 453 Å². The molecule has 11 aromatic carbocycles. The molecule has 0 spiro atoms. The molecule has 3 aromatic heterocycles. The van der Waals surface area contributed by atoms with E-state index in [1.165, 1.54) is 43.7 Å². The molecule has 3 heterocycles. The highest BCUT2D eigenvalue weighted by molar-refractivity contribution is 6.12. The average molecular weight is 1000 g/mol. The van der Waals surface area contributed by atoms with Crippen molar-refractivity contribution in [1.82, 2.24) is 19.1 Å². The van der Waals surface area contributed by atoms with E-state index in [1.807, 2.05) is 12.4 Å². The van der Waals surface area contributed by atoms with Crippen LogP contribution in [0.4, 0.5) is 34.1 Å². The molecule has 0 unspecified atom stereocenters. The molecule has 370 valence electrons. The smallest absolute Gasteiger partial charge is 0.115 e. The molecule has 6 heteroatoms. The van der Waals surface area contributed by atoms with Crippen LogP contribution in [0.1, 0.15) is 11.1 Å². The third-order valence-electron chi connectivity index (χ3n) is 15.3. The molecule has 0 aliphatic carbocycles. The predicted octanol–water partition coefficient (Wildman–Crippen LogP) is 19.2. The Morgan fingerprint density at radius 1 is 0.269 bits per heavy atom. The summed E-state index contributed by atoms with van der Waals surface area (Å²) in [7, 11) is 0. The molecular formula is C72H52N6. The van der Waals surface area contributed by atoms with Gasteiger partial charge in [0.05, 0.1) is 22.1 Å². The first kappa shape index (κ1) is 46.2. The number of aryl methyl sites for hydroxylation is 2. The molecule has 0 bridgehead atoms. The molecule has 0 N–H and O–H groups in total. The van der Waals surface area contributed by atoms with Crippen molar-refractivity contribution in [3.05, 3.63) is 291 Å². The molecule has 14 rings (SSSR count). The Bertz CT molecular complexity index is 4160. The Balaban J connectivity index is 0.848. The van der Waals surface area contributed by atoms with Crippen molar-refractivity contribution in [3.8, 4) is 44.8 Å². The number of hydrogen-bond acceptors (Lipinski definition) is 4. The summed E-state index contributed by atoms with van der Waals surface area (Å²) in [6.07, 6.45) is 5.39. The van der Waals surface area contributed by atoms with Gasteiger partial charge in [-0.3, -0.25) is 0 Å². The number of benzene rings is 11. The van der Waals surface area contributed by atoms with Gasteiger partial charge in [0.1, 0.15) is 6.33 Å². The lowest BCUT2D eigenvalue weighted by Crippen LogP contribution is -2.09. The SMILES string of the molecule is Cc1cc(-c2cc(-c3cncnc3)cc(-c3ccc(-n4c5ccccc5c5cc(N(c6ccccc6)c6ccccc6)ccc54)c(C)c3)c2)ccc1-n1c2ccccc2c2cc(N(c3ccccc3)c3ccccc3)ccc21. The van der Waals surface area contributed by atoms with Crippen LogP contribution in [0.3, 0.4) is 0 Å². The van der Waals surface area contributed by atoms with Crippen molar-refractivity contribution >= 4 is 77.7 Å². The maximum Gasteiger partial charge on any atom is 0.115 e. The van der Waals surface area contributed by atoms with Gasteiger partial charge in [0.15, 0.2) is 0 Å². The molecule has 0 aliphatic rings. The Morgan fingerprint density at radius 2 is 0.615 bits per heavy atom. The summed E-state index contributed by atoms with van der Waals surface area (Å²) in [5, 5.41) is 4.83. The van der Waals surface area contributed by atoms with E-state index in [-0.39, 0.29) is 0 Å². The van der Waals surface area contributed by atoms with E-state index in [0.29, 0.717) is 0 Å². The second kappa shape index (κ2) is 19.4. The van der Waals surface area contributed by atoms with Crippen molar-refractivity contribution in [2.45, 2.75) is 13.8 Å². The maximum atomic E-state index is 4.44. The summed E-state index contributed by atoms with van der Waals surface area (Å²) in [6, 6.07) is 94.4. The third kappa shape index (κ3) is 8.15. The van der Waals surface area contributed by atoms with Crippen molar-refractivity contribution in [3.63, 3.8) is 0 Å². The zero-order valence-electron chi connectivity index (χ0n) is 43.2. The summed E-state index contributed by atoms with van der Waals surface area (Å²) >= 11 is 0. The molecule has 0 saturated heterocycles. The van der Waals surface area contributed by atoms with Gasteiger partial charge < -0.3 is 18.9 Å². The van der Waals surface area contributed by atoms with E-state index in [9.17, 15) is 0 Å². The molecule has 0 fully saturated rings. The largest absolute Gasteiger partial charge is 0.310 e. The van der Waals surface area contributed by atoms with E-state index >= 15 is 0 Å². The van der Waals surface area contributed by atoms with Gasteiger partial charge in [-0.2, -0.15) is 0 Å². The molecule has 0 atom stereocenters. The van der Waals surface area contributed by atoms with Gasteiger partial charge in [0, 0.05) is 85.0 Å². The Kier molecular flexibility index (Phi) is 11.5. The van der Waals surface area contributed by atoms with Crippen molar-refractivity contribution in [2.75, 3.05) is 9.80 Å². The monoisotopic (exact) mass is 1000 g/mol. The van der Waals surface area contributed by atoms with Gasteiger partial charge in [-0.25, -0.2) is 9.97 Å². The minimum Gasteiger partial charge on any atom is -0.310 e. The zero-order chi connectivity index (χ0) is 52.1. The predicted molar refractivity (Wildman–Crippen MR) is 326 cm³/mol. The first-order valence-corrected chi connectivity index (χ1v) is 26.5. The minimum atomic E-state index is 0.966. The Morgan fingerprint density at radius 3 is 1.00 bits per heavy atom. The molecular weight excluding hydrogens is 949 g/mol. The highest BCUT2D eigenvalue weighted by Crippen LogP contribution is 2.43. The fraction of sp³-hybridized carbons (Fsp3) is 0.0278. The van der Waals surface area contributed by atoms with Gasteiger partial charge in [-0.15, -0.1) is 0 Å². The van der Waals surface area contributed by atoms with Crippen LogP contribution in [0.15, 0.2) is 280 Å². The number of fused-ring (bicyclic) bond motifs is 6. The lowest BCUT2D eigenvalue weighted by atomic mass is 9.92. The van der Waals surface area contributed by atoms with E-state index in [1.54, 1.807) is 6.33 Å². The lowest BCUT2D eigenvalue weighted by Gasteiger charge is -2.25. The highest BCUT2D eigenvalue weighted by Gasteiger charge is 2.21. The number of rotatable bonds is 11. The van der Waals surface area contributed by atoms with Gasteiger partial charge in [-0.05, 0) is 192 Å². The van der Waals surface area contributed by atoms with Crippen LogP contribution in [-0.4, -0.2) is 19.1 Å². The van der Waals surface area contributed by atoms with Gasteiger partial charge >= 0.3 is 0 Å². The molecule has 78 heavy (non-hydrogen) atoms. The summed E-state index contributed by atoms with van der Waals surface area (Å²) < 4.78 is 4.85. The molecule has 0 aliphatic heterocycles. The van der Waals surface area contributed by atoms with Crippen LogP contribution in [0.5, 0.6) is 0 Å². The summed E-state index contributed by atoms with van der Waals surface area (Å²) in [5.41, 5.74) is 22.5. The molecule has 0 radical (unpaired) electrons. The quantitative estimate of drug-likeness (QED) is 0.129. The van der Waals surface area contributed by atoms with Crippen molar-refractivity contribution in [1.29, 1.82) is 0 Å². The second-order valence-electron chi connectivity index (χ2n) is 20.0. The van der Waals surface area contributed by atoms with E-state index in [4.69, 9.17) is 0 Å². The van der Waals surface area contributed by atoms with Gasteiger partial charge in [0.2, 0.25) is 0 Å². The molecule has 14 aromatic rings. The van der Waals surface area contributed by atoms with E-state index in [0.717, 1.165) is 89.9 Å². The van der Waals surface area contributed by atoms with Crippen LogP contribution >= 0.6 is 0 Å². The maximum absolute atomic E-state index is 4.44. The van der Waals surface area contributed by atoms with Gasteiger partial charge in [0.25, 0.3) is 0 Å². The lowest BCUT2D eigenvalue weighted by molar-refractivity contribution is 1.15. The van der Waals surface area contributed by atoms with Crippen LogP contribution in [-0.2, 0) is 0 Å². The molecule has 0 amide bonds. The van der Waals surface area contributed by atoms with Crippen LogP contribution in [0, 0.1) is 13.8 Å². The number of hydrogen-bond donors (Lipinski definition) is 0. The highest BCUT2D eigenvalue weighted by atomic mass is 15.1. The molecule has 6 nitrogen and oxygen atoms in total. The topological polar surface area (TPSA) is 42.1 Å². The van der Waals surface area contributed by atoms with E-state index in [2.05, 4.69) is 304 Å². The second-order valence-corrected chi connectivity index (χ2v) is 20.0. The molecule has 0 saturated carbocycles. The van der Waals surface area contributed by atoms with Crippen LogP contribution in [0.2, 0.25) is 0 Å². The average Bonchev–Trinajstić information content (AvgIpc) is 4.20. The van der Waals surface area contributed by atoms with Gasteiger partial charge in [-0.1, -0.05) is 121 Å². The van der Waals surface area contributed by atoms with Crippen molar-refractivity contribution < 1.29 is 0 Å².